The van der Waals surface area contributed by atoms with Gasteiger partial charge in [0, 0.05) is 20.1 Å². The van der Waals surface area contributed by atoms with Gasteiger partial charge in [0.05, 0.1) is 43.7 Å². The monoisotopic (exact) mass is 744 g/mol. The van der Waals surface area contributed by atoms with Gasteiger partial charge in [0.2, 0.25) is 0 Å². The zero-order chi connectivity index (χ0) is 37.9. The Kier molecular flexibility index (Phi) is 12.8. The largest absolute Gasteiger partial charge is 0.394 e. The summed E-state index contributed by atoms with van der Waals surface area (Å²) < 4.78 is 34.9. The lowest BCUT2D eigenvalue weighted by Gasteiger charge is -2.63. The number of methoxy groups -OCH3 is 2. The molecule has 0 spiro atoms. The molecule has 302 valence electrons. The molecule has 0 aromatic heterocycles. The predicted octanol–water partition coefficient (Wildman–Crippen LogP) is 1.59. The molecule has 21 atom stereocenters. The fraction of sp³-hybridized carbons (Fsp3) is 1.00. The Morgan fingerprint density at radius 2 is 1.44 bits per heavy atom. The molecule has 7 N–H and O–H groups in total. The maximum absolute atomic E-state index is 11.9. The van der Waals surface area contributed by atoms with Gasteiger partial charge < -0.3 is 64.2 Å². The normalized spacial score (nSPS) is 51.9. The second kappa shape index (κ2) is 16.1. The fourth-order valence-corrected chi connectivity index (χ4v) is 12.4. The Hall–Kier alpha value is -0.520. The van der Waals surface area contributed by atoms with E-state index in [0.717, 1.165) is 32.1 Å². The fourth-order valence-electron chi connectivity index (χ4n) is 12.4. The molecule has 2 aliphatic heterocycles. The smallest absolute Gasteiger partial charge is 0.186 e. The molecule has 4 aliphatic carbocycles. The van der Waals surface area contributed by atoms with Crippen LogP contribution < -0.4 is 0 Å². The van der Waals surface area contributed by atoms with Crippen LogP contribution in [0.15, 0.2) is 0 Å². The number of hydrogen-bond donors (Lipinski definition) is 7. The number of aliphatic hydroxyl groups excluding tert-OH is 7. The van der Waals surface area contributed by atoms with Crippen LogP contribution in [0.5, 0.6) is 0 Å². The van der Waals surface area contributed by atoms with Crippen molar-refractivity contribution in [3.05, 3.63) is 0 Å². The van der Waals surface area contributed by atoms with E-state index in [4.69, 9.17) is 28.4 Å². The number of rotatable bonds is 12. The van der Waals surface area contributed by atoms with E-state index in [2.05, 4.69) is 34.6 Å². The minimum atomic E-state index is -1.22. The molecule has 0 aromatic rings. The zero-order valence-corrected chi connectivity index (χ0v) is 32.2. The first-order valence-electron chi connectivity index (χ1n) is 19.9. The maximum Gasteiger partial charge on any atom is 0.186 e. The Bertz CT molecular complexity index is 1180. The standard InChI is InChI=1S/C39H68O13/c1-18(2)25(50-36-34(46)32(44)27(16-40)52-36)9-8-19(3)22-15-24(42)29-20-14-23(41)30-31(43)26(11-13-38(30,4)21(20)10-12-39(22,29)5)51-37-35(48-7)33(45)28(47-6)17-49-37/h18-37,40-46H,8-17H2,1-7H3/t19-,20?,21?,22-,23-,24+,25+,26+,27?,28?,29?,30?,31+,32?,33?,34?,35?,36?,37?,38-,39-/m1/s1. The van der Waals surface area contributed by atoms with Crippen molar-refractivity contribution in [3.63, 3.8) is 0 Å². The van der Waals surface area contributed by atoms with Gasteiger partial charge in [0.25, 0.3) is 0 Å². The average Bonchev–Trinajstić information content (AvgIpc) is 3.54. The summed E-state index contributed by atoms with van der Waals surface area (Å²) in [5.74, 6) is 0.738. The van der Waals surface area contributed by atoms with Crippen LogP contribution in [0.2, 0.25) is 0 Å². The molecule has 0 radical (unpaired) electrons. The van der Waals surface area contributed by atoms with E-state index < -0.39 is 86.1 Å². The topological polar surface area (TPSA) is 197 Å². The Morgan fingerprint density at radius 3 is 2.08 bits per heavy atom. The molecule has 52 heavy (non-hydrogen) atoms. The van der Waals surface area contributed by atoms with Crippen molar-refractivity contribution in [2.75, 3.05) is 27.4 Å². The van der Waals surface area contributed by atoms with Gasteiger partial charge in [-0.3, -0.25) is 0 Å². The Balaban J connectivity index is 1.11. The third kappa shape index (κ3) is 7.16. The summed E-state index contributed by atoms with van der Waals surface area (Å²) in [7, 11) is 3.00. The highest BCUT2D eigenvalue weighted by Gasteiger charge is 2.66. The van der Waals surface area contributed by atoms with Crippen LogP contribution in [0.25, 0.3) is 0 Å². The molecule has 0 aromatic carbocycles. The van der Waals surface area contributed by atoms with E-state index in [9.17, 15) is 35.7 Å². The Morgan fingerprint density at radius 1 is 0.750 bits per heavy atom. The van der Waals surface area contributed by atoms with Crippen LogP contribution in [0.3, 0.4) is 0 Å². The molecule has 0 bridgehead atoms. The van der Waals surface area contributed by atoms with Crippen molar-refractivity contribution in [3.8, 4) is 0 Å². The molecule has 13 heteroatoms. The minimum absolute atomic E-state index is 0.0432. The first-order chi connectivity index (χ1) is 24.6. The first kappa shape index (κ1) is 41.1. The van der Waals surface area contributed by atoms with Gasteiger partial charge in [-0.25, -0.2) is 0 Å². The van der Waals surface area contributed by atoms with Gasteiger partial charge in [0.1, 0.15) is 36.6 Å². The highest BCUT2D eigenvalue weighted by Crippen LogP contribution is 2.68. The van der Waals surface area contributed by atoms with Crippen LogP contribution >= 0.6 is 0 Å². The zero-order valence-electron chi connectivity index (χ0n) is 32.2. The summed E-state index contributed by atoms with van der Waals surface area (Å²) in [6.07, 6.45) is -4.28. The second-order valence-corrected chi connectivity index (χ2v) is 18.1. The highest BCUT2D eigenvalue weighted by atomic mass is 16.7. The van der Waals surface area contributed by atoms with Crippen molar-refractivity contribution < 1.29 is 64.2 Å². The number of aliphatic hydroxyl groups is 7. The molecule has 0 amide bonds. The maximum atomic E-state index is 11.9. The van der Waals surface area contributed by atoms with Crippen LogP contribution in [-0.4, -0.2) is 143 Å². The first-order valence-corrected chi connectivity index (χ1v) is 19.9. The molecule has 13 nitrogen and oxygen atoms in total. The molecule has 6 fully saturated rings. The molecule has 6 rings (SSSR count). The molecule has 2 saturated heterocycles. The number of hydrogen-bond acceptors (Lipinski definition) is 13. The van der Waals surface area contributed by atoms with Gasteiger partial charge in [0.15, 0.2) is 12.6 Å². The van der Waals surface area contributed by atoms with Crippen LogP contribution in [0.1, 0.15) is 86.0 Å². The molecule has 2 heterocycles. The van der Waals surface area contributed by atoms with E-state index in [1.165, 1.54) is 14.2 Å². The van der Waals surface area contributed by atoms with E-state index in [0.29, 0.717) is 19.3 Å². The molecule has 6 aliphatic rings. The third-order valence-electron chi connectivity index (χ3n) is 15.2. The van der Waals surface area contributed by atoms with Crippen LogP contribution in [-0.2, 0) is 28.4 Å². The molecule has 4 saturated carbocycles. The van der Waals surface area contributed by atoms with E-state index in [1.54, 1.807) is 0 Å². The average molecular weight is 745 g/mol. The van der Waals surface area contributed by atoms with Crippen molar-refractivity contribution in [2.45, 2.75) is 166 Å². The summed E-state index contributed by atoms with van der Waals surface area (Å²) in [6, 6.07) is 0. The van der Waals surface area contributed by atoms with Crippen LogP contribution in [0, 0.1) is 52.3 Å². The summed E-state index contributed by atoms with van der Waals surface area (Å²) in [5, 5.41) is 76.5. The lowest BCUT2D eigenvalue weighted by atomic mass is 9.43. The van der Waals surface area contributed by atoms with Crippen molar-refractivity contribution in [1.29, 1.82) is 0 Å². The quantitative estimate of drug-likeness (QED) is 0.143. The van der Waals surface area contributed by atoms with Crippen molar-refractivity contribution >= 4 is 0 Å². The van der Waals surface area contributed by atoms with Gasteiger partial charge in [-0.15, -0.1) is 0 Å². The van der Waals surface area contributed by atoms with Gasteiger partial charge in [-0.05, 0) is 97.7 Å². The summed E-state index contributed by atoms with van der Waals surface area (Å²) in [6.45, 7) is 10.7. The van der Waals surface area contributed by atoms with E-state index >= 15 is 0 Å². The minimum Gasteiger partial charge on any atom is -0.394 e. The van der Waals surface area contributed by atoms with Crippen LogP contribution in [0.4, 0.5) is 0 Å². The molecule has 12 unspecified atom stereocenters. The van der Waals surface area contributed by atoms with Gasteiger partial charge in [-0.2, -0.15) is 0 Å². The van der Waals surface area contributed by atoms with Crippen molar-refractivity contribution in [2.24, 2.45) is 52.3 Å². The highest BCUT2D eigenvalue weighted by molar-refractivity contribution is 5.15. The lowest BCUT2D eigenvalue weighted by molar-refractivity contribution is -0.312. The second-order valence-electron chi connectivity index (χ2n) is 18.1. The summed E-state index contributed by atoms with van der Waals surface area (Å²) in [4.78, 5) is 0. The molecular weight excluding hydrogens is 676 g/mol. The number of ether oxygens (including phenoxy) is 6. The lowest BCUT2D eigenvalue weighted by Crippen LogP contribution is -2.64. The van der Waals surface area contributed by atoms with E-state index in [1.807, 2.05) is 0 Å². The van der Waals surface area contributed by atoms with E-state index in [-0.39, 0.29) is 59.0 Å². The summed E-state index contributed by atoms with van der Waals surface area (Å²) >= 11 is 0. The third-order valence-corrected chi connectivity index (χ3v) is 15.2. The molecular formula is C39H68O13. The SMILES string of the molecule is COC1COC(O[C@H]2CC[C@]3(C)C4CC[C@@]5(C)C(C4C[C@@H](O)C3[C@H]2O)[C@@H](O)C[C@@H]5[C@H](C)CC[C@H](OC2OC(CO)C(O)C2O)C(C)C)C(OC)C1O. The van der Waals surface area contributed by atoms with Gasteiger partial charge >= 0.3 is 0 Å². The van der Waals surface area contributed by atoms with Crippen molar-refractivity contribution in [1.82, 2.24) is 0 Å². The van der Waals surface area contributed by atoms with Gasteiger partial charge in [-0.1, -0.05) is 34.6 Å². The Labute approximate surface area is 309 Å². The number of fused-ring (bicyclic) bond motifs is 5. The summed E-state index contributed by atoms with van der Waals surface area (Å²) in [5.41, 5.74) is -0.438. The predicted molar refractivity (Wildman–Crippen MR) is 187 cm³/mol.